The molecule has 0 saturated carbocycles. The minimum Gasteiger partial charge on any atom is -0.433 e. The van der Waals surface area contributed by atoms with Gasteiger partial charge in [-0.25, -0.2) is 4.39 Å². The van der Waals surface area contributed by atoms with E-state index in [1.165, 1.54) is 6.92 Å². The Morgan fingerprint density at radius 2 is 1.59 bits per heavy atom. The van der Waals surface area contributed by atoms with E-state index in [9.17, 15) is 30.8 Å². The quantitative estimate of drug-likeness (QED) is 0.163. The number of esters is 1. The zero-order valence-corrected chi connectivity index (χ0v) is 19.6. The molecule has 2 fully saturated rings. The zero-order chi connectivity index (χ0) is 26.6. The Morgan fingerprint density at radius 1 is 1.03 bits per heavy atom. The molecular formula is C18H30F4O11S. The maximum atomic E-state index is 12.7. The van der Waals surface area contributed by atoms with E-state index in [0.29, 0.717) is 6.42 Å². The molecule has 0 aliphatic carbocycles. The predicted octanol–water partition coefficient (Wildman–Crippen LogP) is -0.0528. The van der Waals surface area contributed by atoms with E-state index in [1.54, 1.807) is 13.8 Å². The Kier molecular flexibility index (Phi) is 11.1. The molecule has 10 atom stereocenters. The Bertz CT molecular complexity index is 761. The molecule has 4 N–H and O–H groups in total. The molecule has 0 aromatic carbocycles. The van der Waals surface area contributed by atoms with E-state index >= 15 is 0 Å². The van der Waals surface area contributed by atoms with Gasteiger partial charge in [0.05, 0.1) is 12.7 Å². The van der Waals surface area contributed by atoms with Crippen molar-refractivity contribution in [3.8, 4) is 0 Å². The fourth-order valence-electron chi connectivity index (χ4n) is 3.38. The van der Waals surface area contributed by atoms with Crippen molar-refractivity contribution in [2.45, 2.75) is 88.9 Å². The van der Waals surface area contributed by atoms with Gasteiger partial charge >= 0.3 is 21.6 Å². The molecule has 11 nitrogen and oxygen atoms in total. The van der Waals surface area contributed by atoms with Gasteiger partial charge in [0.2, 0.25) is 6.29 Å². The number of ether oxygens (including phenoxy) is 3. The van der Waals surface area contributed by atoms with Crippen molar-refractivity contribution >= 4 is 16.1 Å². The maximum Gasteiger partial charge on any atom is 0.523 e. The average Bonchev–Trinajstić information content (AvgIpc) is 2.73. The third kappa shape index (κ3) is 7.43. The third-order valence-corrected chi connectivity index (χ3v) is 6.58. The van der Waals surface area contributed by atoms with Crippen LogP contribution in [-0.4, -0.2) is 96.2 Å². The number of aliphatic hydroxyl groups excluding tert-OH is 4. The van der Waals surface area contributed by atoms with E-state index in [4.69, 9.17) is 29.9 Å². The van der Waals surface area contributed by atoms with E-state index in [2.05, 4.69) is 8.92 Å². The van der Waals surface area contributed by atoms with Gasteiger partial charge in [-0.15, -0.1) is 0 Å². The van der Waals surface area contributed by atoms with Crippen LogP contribution in [0.15, 0.2) is 0 Å². The Balaban J connectivity index is 0.000000404. The van der Waals surface area contributed by atoms with Crippen LogP contribution in [0.4, 0.5) is 17.6 Å². The summed E-state index contributed by atoms with van der Waals surface area (Å²) in [6.07, 6.45) is -11.1. The van der Waals surface area contributed by atoms with Gasteiger partial charge in [0.1, 0.15) is 24.4 Å². The van der Waals surface area contributed by atoms with Crippen LogP contribution in [0.1, 0.15) is 34.1 Å². The first-order valence-corrected chi connectivity index (χ1v) is 11.7. The molecule has 2 saturated heterocycles. The van der Waals surface area contributed by atoms with E-state index in [-0.39, 0.29) is 12.0 Å². The highest BCUT2D eigenvalue weighted by Crippen LogP contribution is 2.37. The minimum atomic E-state index is -5.82. The second-order valence-electron chi connectivity index (χ2n) is 7.91. The second kappa shape index (κ2) is 12.2. The normalized spacial score (nSPS) is 39.1. The topological polar surface area (TPSA) is 169 Å². The summed E-state index contributed by atoms with van der Waals surface area (Å²) < 4.78 is 91.5. The van der Waals surface area contributed by atoms with E-state index in [0.717, 1.165) is 6.92 Å². The van der Waals surface area contributed by atoms with Crippen molar-refractivity contribution in [2.24, 2.45) is 11.8 Å². The van der Waals surface area contributed by atoms with Crippen molar-refractivity contribution < 1.29 is 69.6 Å². The minimum absolute atomic E-state index is 0.273. The molecule has 2 rings (SSSR count). The first-order chi connectivity index (χ1) is 15.5. The molecule has 2 heterocycles. The van der Waals surface area contributed by atoms with Gasteiger partial charge in [0, 0.05) is 6.92 Å². The fraction of sp³-hybridized carbons (Fsp3) is 0.944. The third-order valence-electron chi connectivity index (χ3n) is 5.54. The molecule has 0 aromatic heterocycles. The van der Waals surface area contributed by atoms with Gasteiger partial charge < -0.3 is 34.6 Å². The lowest BCUT2D eigenvalue weighted by atomic mass is 9.82. The molecular weight excluding hydrogens is 500 g/mol. The van der Waals surface area contributed by atoms with Gasteiger partial charge in [-0.3, -0.25) is 8.98 Å². The molecule has 0 radical (unpaired) electrons. The van der Waals surface area contributed by atoms with Gasteiger partial charge in [-0.1, -0.05) is 20.8 Å². The van der Waals surface area contributed by atoms with E-state index in [1.807, 2.05) is 0 Å². The van der Waals surface area contributed by atoms with Crippen LogP contribution in [0, 0.1) is 11.8 Å². The molecule has 2 aliphatic heterocycles. The molecule has 34 heavy (non-hydrogen) atoms. The van der Waals surface area contributed by atoms with Gasteiger partial charge in [0.25, 0.3) is 0 Å². The summed E-state index contributed by atoms with van der Waals surface area (Å²) in [6.45, 7) is 5.50. The van der Waals surface area contributed by atoms with Crippen molar-refractivity contribution in [1.82, 2.24) is 0 Å². The lowest BCUT2D eigenvalue weighted by molar-refractivity contribution is -0.271. The van der Waals surface area contributed by atoms with Crippen molar-refractivity contribution in [1.29, 1.82) is 0 Å². The second-order valence-corrected chi connectivity index (χ2v) is 9.48. The van der Waals surface area contributed by atoms with Crippen molar-refractivity contribution in [2.75, 3.05) is 6.61 Å². The van der Waals surface area contributed by atoms with Gasteiger partial charge in [-0.05, 0) is 18.3 Å². The van der Waals surface area contributed by atoms with Crippen LogP contribution in [-0.2, 0) is 33.3 Å². The average molecular weight is 530 g/mol. The molecule has 0 amide bonds. The lowest BCUT2D eigenvalue weighted by Crippen LogP contribution is -2.56. The van der Waals surface area contributed by atoms with Gasteiger partial charge in [0.15, 0.2) is 12.5 Å². The Labute approximate surface area is 193 Å². The number of rotatable bonds is 5. The predicted molar refractivity (Wildman–Crippen MR) is 104 cm³/mol. The fourth-order valence-corrected chi connectivity index (χ4v) is 4.05. The Hall–Kier alpha value is -1.14. The van der Waals surface area contributed by atoms with Crippen LogP contribution in [0.5, 0.6) is 0 Å². The smallest absolute Gasteiger partial charge is 0.433 e. The summed E-state index contributed by atoms with van der Waals surface area (Å²) in [5.74, 6) is -1.70. The highest BCUT2D eigenvalue weighted by atomic mass is 32.2. The molecule has 202 valence electrons. The maximum absolute atomic E-state index is 12.7. The molecule has 2 aliphatic rings. The molecule has 16 heteroatoms. The summed E-state index contributed by atoms with van der Waals surface area (Å²) in [4.78, 5) is 11.1. The number of carbonyl (C=O) groups is 1. The first kappa shape index (κ1) is 30.9. The van der Waals surface area contributed by atoms with Crippen LogP contribution < -0.4 is 0 Å². The number of alkyl halides is 4. The Morgan fingerprint density at radius 3 is 2.03 bits per heavy atom. The van der Waals surface area contributed by atoms with Crippen LogP contribution >= 0.6 is 0 Å². The number of carbonyl (C=O) groups excluding carboxylic acids is 1. The van der Waals surface area contributed by atoms with E-state index < -0.39 is 77.3 Å². The molecule has 0 spiro atoms. The number of halogens is 4. The highest BCUT2D eigenvalue weighted by molar-refractivity contribution is 7.87. The summed E-state index contributed by atoms with van der Waals surface area (Å²) in [6, 6.07) is 0. The zero-order valence-electron chi connectivity index (χ0n) is 18.8. The van der Waals surface area contributed by atoms with Crippen molar-refractivity contribution in [3.05, 3.63) is 0 Å². The summed E-state index contributed by atoms with van der Waals surface area (Å²) in [5.41, 5.74) is -5.56. The number of hydrogen-bond donors (Lipinski definition) is 4. The SMILES string of the molecule is CCC1O[C@@H](OC(C)=O)C(OS(=O)(=O)C(F)(F)F)[C@@H](C)[C@@H]1C.OCC1OC(O)C(F)[C@@H](O)[C@@H]1O. The van der Waals surface area contributed by atoms with Crippen LogP contribution in [0.25, 0.3) is 0 Å². The standard InChI is InChI=1S/C12H19F3O6S.C6H11FO5/c1-5-9-6(2)7(3)10(11(20-9)19-8(4)16)21-22(17,18)12(13,14)15;7-3-5(10)4(9)2(1-8)12-6(3)11/h6-7,9-11H,5H2,1-4H3;2-6,8-11H,1H2/t6-,7-,9?,10?,11+;2?,3?,4-,5-,6?/m01/s1. The summed E-state index contributed by atoms with van der Waals surface area (Å²) in [5, 5.41) is 35.3. The monoisotopic (exact) mass is 530 g/mol. The van der Waals surface area contributed by atoms with Crippen molar-refractivity contribution in [3.63, 3.8) is 0 Å². The largest absolute Gasteiger partial charge is 0.523 e. The van der Waals surface area contributed by atoms with Gasteiger partial charge in [-0.2, -0.15) is 21.6 Å². The summed E-state index contributed by atoms with van der Waals surface area (Å²) >= 11 is 0. The first-order valence-electron chi connectivity index (χ1n) is 10.2. The molecule has 0 aromatic rings. The number of aliphatic hydroxyl groups is 4. The summed E-state index contributed by atoms with van der Waals surface area (Å²) in [7, 11) is -5.82. The molecule has 5 unspecified atom stereocenters. The van der Waals surface area contributed by atoms with Crippen LogP contribution in [0.2, 0.25) is 0 Å². The number of hydrogen-bond acceptors (Lipinski definition) is 11. The highest BCUT2D eigenvalue weighted by Gasteiger charge is 2.53. The lowest BCUT2D eigenvalue weighted by Gasteiger charge is -2.43. The molecule has 0 bridgehead atoms. The van der Waals surface area contributed by atoms with Crippen LogP contribution in [0.3, 0.4) is 0 Å².